The summed E-state index contributed by atoms with van der Waals surface area (Å²) in [6.45, 7) is 2.13. The first-order chi connectivity index (χ1) is 11.3. The van der Waals surface area contributed by atoms with E-state index in [-0.39, 0.29) is 0 Å². The second-order valence-corrected chi connectivity index (χ2v) is 10.3. The van der Waals surface area contributed by atoms with E-state index < -0.39 is 9.16 Å². The number of alkyl halides is 4. The molecule has 0 nitrogen and oxygen atoms in total. The van der Waals surface area contributed by atoms with Gasteiger partial charge in [0.1, 0.15) is 0 Å². The molecule has 0 bridgehead atoms. The highest BCUT2D eigenvalue weighted by molar-refractivity contribution is 9.12. The lowest BCUT2D eigenvalue weighted by atomic mass is 9.68. The van der Waals surface area contributed by atoms with Crippen molar-refractivity contribution >= 4 is 31.9 Å². The van der Waals surface area contributed by atoms with E-state index in [4.69, 9.17) is 0 Å². The summed E-state index contributed by atoms with van der Waals surface area (Å²) >= 11 is 5.89. The third-order valence-corrected chi connectivity index (χ3v) is 8.90. The maximum absolute atomic E-state index is 13.7. The van der Waals surface area contributed by atoms with E-state index in [1.165, 1.54) is 36.8 Å². The van der Waals surface area contributed by atoms with Crippen molar-refractivity contribution in [2.45, 2.75) is 73.4 Å². The molecule has 2 saturated carbocycles. The average Bonchev–Trinajstić information content (AvgIpc) is 2.56. The molecule has 0 radical (unpaired) electrons. The van der Waals surface area contributed by atoms with Gasteiger partial charge in [-0.15, -0.1) is 0 Å². The largest absolute Gasteiger partial charge is 0.316 e. The molecule has 1 aromatic carbocycles. The van der Waals surface area contributed by atoms with Crippen molar-refractivity contribution in [2.24, 2.45) is 11.8 Å². The molecule has 0 N–H and O–H groups in total. The first kappa shape index (κ1) is 18.8. The Hall–Kier alpha value is 0.0400. The molecule has 0 aromatic heterocycles. The van der Waals surface area contributed by atoms with Crippen LogP contribution < -0.4 is 0 Å². The molecule has 0 unspecified atom stereocenters. The molecule has 0 heterocycles. The van der Waals surface area contributed by atoms with Crippen molar-refractivity contribution in [1.29, 1.82) is 0 Å². The second-order valence-electron chi connectivity index (χ2n) is 7.82. The Bertz CT molecular complexity index is 534. The van der Waals surface area contributed by atoms with Crippen molar-refractivity contribution < 1.29 is 8.78 Å². The summed E-state index contributed by atoms with van der Waals surface area (Å²) in [6, 6.07) is 8.97. The van der Waals surface area contributed by atoms with Crippen molar-refractivity contribution in [3.8, 4) is 0 Å². The van der Waals surface area contributed by atoms with Gasteiger partial charge in [-0.3, -0.25) is 0 Å². The fourth-order valence-electron chi connectivity index (χ4n) is 4.62. The van der Waals surface area contributed by atoms with Gasteiger partial charge in [-0.1, -0.05) is 45.8 Å². The van der Waals surface area contributed by atoms with Gasteiger partial charge >= 0.3 is 4.83 Å². The molecule has 24 heavy (non-hydrogen) atoms. The molecular formula is C20H26Br2F2. The highest BCUT2D eigenvalue weighted by Crippen LogP contribution is 2.53. The molecule has 4 heteroatoms. The van der Waals surface area contributed by atoms with Crippen LogP contribution >= 0.6 is 31.9 Å². The molecule has 1 aromatic rings. The van der Waals surface area contributed by atoms with Crippen molar-refractivity contribution in [3.05, 3.63) is 35.4 Å². The Balaban J connectivity index is 1.52. The standard InChI is InChI=1S/C20H26Br2F2/c1-14-2-4-15(5-3-14)16-6-8-17(9-7-16)18-10-12-19(21,13-11-18)20(22,23)24/h2-5,16-18H,6-13H2,1H3. The van der Waals surface area contributed by atoms with Gasteiger partial charge < -0.3 is 0 Å². The number of hydrogen-bond donors (Lipinski definition) is 0. The van der Waals surface area contributed by atoms with E-state index in [0.29, 0.717) is 24.7 Å². The van der Waals surface area contributed by atoms with E-state index >= 15 is 0 Å². The fraction of sp³-hybridized carbons (Fsp3) is 0.700. The molecule has 2 aliphatic rings. The third-order valence-electron chi connectivity index (χ3n) is 6.32. The zero-order valence-corrected chi connectivity index (χ0v) is 17.4. The Labute approximate surface area is 161 Å². The number of aryl methyl sites for hydroxylation is 1. The Morgan fingerprint density at radius 3 is 1.92 bits per heavy atom. The lowest BCUT2D eigenvalue weighted by Crippen LogP contribution is -2.42. The Kier molecular flexibility index (Phi) is 5.76. The monoisotopic (exact) mass is 462 g/mol. The van der Waals surface area contributed by atoms with Crippen LogP contribution in [0.3, 0.4) is 0 Å². The minimum absolute atomic E-state index is 0.563. The summed E-state index contributed by atoms with van der Waals surface area (Å²) in [5.74, 6) is 2.05. The van der Waals surface area contributed by atoms with Crippen LogP contribution in [-0.4, -0.2) is 9.16 Å². The van der Waals surface area contributed by atoms with Crippen LogP contribution in [0.2, 0.25) is 0 Å². The van der Waals surface area contributed by atoms with E-state index in [0.717, 1.165) is 18.8 Å². The number of benzene rings is 1. The summed E-state index contributed by atoms with van der Waals surface area (Å²) in [5.41, 5.74) is 2.79. The Morgan fingerprint density at radius 1 is 0.917 bits per heavy atom. The van der Waals surface area contributed by atoms with Gasteiger partial charge in [0.2, 0.25) is 0 Å². The van der Waals surface area contributed by atoms with E-state index in [1.54, 1.807) is 0 Å². The fourth-order valence-corrected chi connectivity index (χ4v) is 5.47. The van der Waals surface area contributed by atoms with Crippen LogP contribution in [-0.2, 0) is 0 Å². The summed E-state index contributed by atoms with van der Waals surface area (Å²) in [4.78, 5) is -2.81. The van der Waals surface area contributed by atoms with Gasteiger partial charge in [0.05, 0.1) is 4.32 Å². The minimum atomic E-state index is -2.81. The summed E-state index contributed by atoms with van der Waals surface area (Å²) in [7, 11) is 0. The second kappa shape index (κ2) is 7.34. The van der Waals surface area contributed by atoms with Crippen LogP contribution in [0.5, 0.6) is 0 Å². The molecular weight excluding hydrogens is 438 g/mol. The molecule has 0 saturated heterocycles. The highest BCUT2D eigenvalue weighted by atomic mass is 79.9. The zero-order valence-electron chi connectivity index (χ0n) is 14.2. The lowest BCUT2D eigenvalue weighted by Gasteiger charge is -2.42. The minimum Gasteiger partial charge on any atom is -0.192 e. The SMILES string of the molecule is Cc1ccc(C2CCC(C3CCC(Br)(C(F)(F)Br)CC3)CC2)cc1. The highest BCUT2D eigenvalue weighted by Gasteiger charge is 2.52. The first-order valence-corrected chi connectivity index (χ1v) is 10.7. The number of rotatable bonds is 3. The molecule has 134 valence electrons. The maximum atomic E-state index is 13.7. The smallest absolute Gasteiger partial charge is 0.192 e. The van der Waals surface area contributed by atoms with Gasteiger partial charge in [0.15, 0.2) is 0 Å². The number of halogens is 4. The van der Waals surface area contributed by atoms with E-state index in [2.05, 4.69) is 63.0 Å². The van der Waals surface area contributed by atoms with Crippen molar-refractivity contribution in [1.82, 2.24) is 0 Å². The van der Waals surface area contributed by atoms with Gasteiger partial charge in [-0.05, 0) is 97.5 Å². The molecule has 3 rings (SSSR count). The molecule has 0 spiro atoms. The predicted octanol–water partition coefficient (Wildman–Crippen LogP) is 7.58. The van der Waals surface area contributed by atoms with Gasteiger partial charge in [0, 0.05) is 0 Å². The third kappa shape index (κ3) is 4.06. The van der Waals surface area contributed by atoms with Crippen LogP contribution in [0.4, 0.5) is 8.78 Å². The van der Waals surface area contributed by atoms with Gasteiger partial charge in [0.25, 0.3) is 0 Å². The van der Waals surface area contributed by atoms with Crippen LogP contribution in [0.25, 0.3) is 0 Å². The summed E-state index contributed by atoms with van der Waals surface area (Å²) in [6.07, 6.45) is 7.98. The Morgan fingerprint density at radius 2 is 1.42 bits per heavy atom. The molecule has 2 fully saturated rings. The van der Waals surface area contributed by atoms with Crippen LogP contribution in [0, 0.1) is 18.8 Å². The van der Waals surface area contributed by atoms with E-state index in [9.17, 15) is 8.78 Å². The van der Waals surface area contributed by atoms with Crippen molar-refractivity contribution in [2.75, 3.05) is 0 Å². The zero-order chi connectivity index (χ0) is 17.4. The molecule has 0 amide bonds. The summed E-state index contributed by atoms with van der Waals surface area (Å²) in [5, 5.41) is 0. The van der Waals surface area contributed by atoms with Gasteiger partial charge in [-0.25, -0.2) is 0 Å². The van der Waals surface area contributed by atoms with E-state index in [1.807, 2.05) is 0 Å². The first-order valence-electron chi connectivity index (χ1n) is 9.11. The van der Waals surface area contributed by atoms with Crippen LogP contribution in [0.15, 0.2) is 24.3 Å². The lowest BCUT2D eigenvalue weighted by molar-refractivity contribution is 0.0352. The van der Waals surface area contributed by atoms with Crippen molar-refractivity contribution in [3.63, 3.8) is 0 Å². The quantitative estimate of drug-likeness (QED) is 0.405. The number of hydrogen-bond acceptors (Lipinski definition) is 0. The molecule has 0 atom stereocenters. The summed E-state index contributed by atoms with van der Waals surface area (Å²) < 4.78 is 26.4. The molecule has 2 aliphatic carbocycles. The molecule has 0 aliphatic heterocycles. The average molecular weight is 464 g/mol. The normalized spacial score (nSPS) is 35.0. The van der Waals surface area contributed by atoms with Gasteiger partial charge in [-0.2, -0.15) is 8.78 Å². The van der Waals surface area contributed by atoms with Crippen LogP contribution in [0.1, 0.15) is 68.4 Å². The topological polar surface area (TPSA) is 0 Å². The predicted molar refractivity (Wildman–Crippen MR) is 103 cm³/mol. The maximum Gasteiger partial charge on any atom is 0.316 e.